The molecule has 0 aliphatic heterocycles. The summed E-state index contributed by atoms with van der Waals surface area (Å²) in [5, 5.41) is 3.22. The van der Waals surface area contributed by atoms with Crippen LogP contribution in [0.15, 0.2) is 42.7 Å². The zero-order chi connectivity index (χ0) is 13.5. The molecule has 0 radical (unpaired) electrons. The van der Waals surface area contributed by atoms with Gasteiger partial charge in [-0.1, -0.05) is 42.5 Å². The summed E-state index contributed by atoms with van der Waals surface area (Å²) in [6, 6.07) is 10.4. The summed E-state index contributed by atoms with van der Waals surface area (Å²) >= 11 is 4.82. The number of nitrogens with one attached hydrogen (secondary N) is 1. The topological polar surface area (TPSA) is 63.8 Å². The van der Waals surface area contributed by atoms with E-state index in [1.807, 2.05) is 6.07 Å². The third-order valence-corrected chi connectivity index (χ3v) is 2.90. The summed E-state index contributed by atoms with van der Waals surface area (Å²) in [6.45, 7) is 0.857. The molecule has 0 saturated carbocycles. The molecule has 19 heavy (non-hydrogen) atoms. The van der Waals surface area contributed by atoms with Crippen LogP contribution in [0, 0.1) is 0 Å². The van der Waals surface area contributed by atoms with Gasteiger partial charge in [0.05, 0.1) is 12.4 Å². The van der Waals surface area contributed by atoms with E-state index in [4.69, 9.17) is 18.0 Å². The lowest BCUT2D eigenvalue weighted by atomic mass is 10.1. The van der Waals surface area contributed by atoms with Crippen molar-refractivity contribution < 1.29 is 0 Å². The van der Waals surface area contributed by atoms with Crippen molar-refractivity contribution in [2.75, 3.05) is 11.9 Å². The first-order valence-corrected chi connectivity index (χ1v) is 6.56. The molecule has 0 amide bonds. The number of anilines is 1. The van der Waals surface area contributed by atoms with Gasteiger partial charge >= 0.3 is 0 Å². The summed E-state index contributed by atoms with van der Waals surface area (Å²) in [5.74, 6) is 0.744. The third kappa shape index (κ3) is 4.30. The number of nitrogens with zero attached hydrogens (tertiary/aromatic N) is 2. The summed E-state index contributed by atoms with van der Waals surface area (Å²) < 4.78 is 0. The second-order valence-electron chi connectivity index (χ2n) is 4.17. The number of rotatable bonds is 6. The number of thiocarbonyl (C=S) groups is 1. The normalized spacial score (nSPS) is 10.1. The van der Waals surface area contributed by atoms with E-state index in [0.717, 1.165) is 25.2 Å². The van der Waals surface area contributed by atoms with Gasteiger partial charge < -0.3 is 11.1 Å². The van der Waals surface area contributed by atoms with E-state index in [2.05, 4.69) is 39.6 Å². The molecular formula is C14H16N4S. The fraction of sp³-hybridized carbons (Fsp3) is 0.214. The molecule has 0 aliphatic rings. The largest absolute Gasteiger partial charge is 0.388 e. The lowest BCUT2D eigenvalue weighted by Gasteiger charge is -2.05. The molecule has 0 unspecified atom stereocenters. The maximum atomic E-state index is 5.46. The predicted octanol–water partition coefficient (Wildman–Crippen LogP) is 2.16. The summed E-state index contributed by atoms with van der Waals surface area (Å²) in [4.78, 5) is 8.59. The molecule has 3 N–H and O–H groups in total. The van der Waals surface area contributed by atoms with Crippen LogP contribution in [-0.4, -0.2) is 21.5 Å². The van der Waals surface area contributed by atoms with Crippen LogP contribution < -0.4 is 11.1 Å². The minimum Gasteiger partial charge on any atom is -0.388 e. The molecule has 0 bridgehead atoms. The third-order valence-electron chi connectivity index (χ3n) is 2.70. The smallest absolute Gasteiger partial charge is 0.144 e. The van der Waals surface area contributed by atoms with Crippen molar-refractivity contribution in [1.82, 2.24) is 9.97 Å². The van der Waals surface area contributed by atoms with E-state index in [1.165, 1.54) is 5.56 Å². The second kappa shape index (κ2) is 6.80. The van der Waals surface area contributed by atoms with E-state index in [-0.39, 0.29) is 4.99 Å². The van der Waals surface area contributed by atoms with Gasteiger partial charge in [-0.15, -0.1) is 0 Å². The molecule has 2 aromatic rings. The van der Waals surface area contributed by atoms with E-state index >= 15 is 0 Å². The molecule has 98 valence electrons. The Morgan fingerprint density at radius 1 is 1.16 bits per heavy atom. The molecule has 0 spiro atoms. The highest BCUT2D eigenvalue weighted by molar-refractivity contribution is 7.80. The Kier molecular flexibility index (Phi) is 4.80. The van der Waals surface area contributed by atoms with Crippen LogP contribution in [0.3, 0.4) is 0 Å². The Bertz CT molecular complexity index is 525. The van der Waals surface area contributed by atoms with Crippen LogP contribution in [0.2, 0.25) is 0 Å². The lowest BCUT2D eigenvalue weighted by Crippen LogP contribution is -2.13. The van der Waals surface area contributed by atoms with Crippen LogP contribution in [0.1, 0.15) is 17.7 Å². The quantitative estimate of drug-likeness (QED) is 0.623. The number of aryl methyl sites for hydroxylation is 1. The lowest BCUT2D eigenvalue weighted by molar-refractivity contribution is 0.857. The van der Waals surface area contributed by atoms with Crippen molar-refractivity contribution >= 4 is 23.0 Å². The van der Waals surface area contributed by atoms with Crippen LogP contribution in [0.5, 0.6) is 0 Å². The number of benzene rings is 1. The highest BCUT2D eigenvalue weighted by atomic mass is 32.1. The molecule has 2 rings (SSSR count). The van der Waals surface area contributed by atoms with Crippen molar-refractivity contribution in [2.24, 2.45) is 5.73 Å². The monoisotopic (exact) mass is 272 g/mol. The van der Waals surface area contributed by atoms with Gasteiger partial charge in [0, 0.05) is 6.54 Å². The molecule has 0 aliphatic carbocycles. The first-order valence-electron chi connectivity index (χ1n) is 6.15. The van der Waals surface area contributed by atoms with E-state index in [0.29, 0.717) is 5.69 Å². The number of hydrogen-bond donors (Lipinski definition) is 2. The summed E-state index contributed by atoms with van der Waals surface area (Å²) in [5.41, 5.74) is 7.35. The van der Waals surface area contributed by atoms with Gasteiger partial charge in [-0.25, -0.2) is 9.97 Å². The Morgan fingerprint density at radius 2 is 1.95 bits per heavy atom. The fourth-order valence-electron chi connectivity index (χ4n) is 1.70. The van der Waals surface area contributed by atoms with Crippen LogP contribution in [0.25, 0.3) is 0 Å². The minimum atomic E-state index is 0.267. The van der Waals surface area contributed by atoms with Crippen molar-refractivity contribution in [3.05, 3.63) is 54.0 Å². The van der Waals surface area contributed by atoms with E-state index in [9.17, 15) is 0 Å². The Labute approximate surface area is 118 Å². The van der Waals surface area contributed by atoms with Gasteiger partial charge in [0.2, 0.25) is 0 Å². The predicted molar refractivity (Wildman–Crippen MR) is 81.2 cm³/mol. The van der Waals surface area contributed by atoms with Crippen molar-refractivity contribution in [1.29, 1.82) is 0 Å². The number of nitrogens with two attached hydrogens (primary N) is 1. The number of hydrogen-bond acceptors (Lipinski definition) is 4. The Balaban J connectivity index is 1.75. The molecule has 4 nitrogen and oxygen atoms in total. The summed E-state index contributed by atoms with van der Waals surface area (Å²) in [7, 11) is 0. The Morgan fingerprint density at radius 3 is 2.58 bits per heavy atom. The molecule has 1 heterocycles. The van der Waals surface area contributed by atoms with Gasteiger partial charge in [0.1, 0.15) is 16.5 Å². The molecule has 0 fully saturated rings. The fourth-order valence-corrected chi connectivity index (χ4v) is 1.81. The van der Waals surface area contributed by atoms with Gasteiger partial charge in [-0.05, 0) is 18.4 Å². The van der Waals surface area contributed by atoms with Crippen LogP contribution in [-0.2, 0) is 6.42 Å². The average molecular weight is 272 g/mol. The average Bonchev–Trinajstić information content (AvgIpc) is 2.45. The zero-order valence-corrected chi connectivity index (χ0v) is 11.4. The SMILES string of the molecule is NC(=S)c1cnc(NCCCc2ccccc2)cn1. The van der Waals surface area contributed by atoms with Crippen LogP contribution >= 0.6 is 12.2 Å². The standard InChI is InChI=1S/C14H16N4S/c15-14(19)12-9-18-13(10-17-12)16-8-4-7-11-5-2-1-3-6-11/h1-3,5-6,9-10H,4,7-8H2,(H2,15,19)(H,16,18). The number of aromatic nitrogens is 2. The first kappa shape index (κ1) is 13.4. The maximum Gasteiger partial charge on any atom is 0.144 e. The maximum absolute atomic E-state index is 5.46. The van der Waals surface area contributed by atoms with Gasteiger partial charge in [0.25, 0.3) is 0 Å². The van der Waals surface area contributed by atoms with E-state index in [1.54, 1.807) is 12.4 Å². The summed E-state index contributed by atoms with van der Waals surface area (Å²) in [6.07, 6.45) is 5.33. The Hall–Kier alpha value is -2.01. The first-order chi connectivity index (χ1) is 9.25. The second-order valence-corrected chi connectivity index (χ2v) is 4.61. The van der Waals surface area contributed by atoms with Gasteiger partial charge in [0.15, 0.2) is 0 Å². The highest BCUT2D eigenvalue weighted by Gasteiger charge is 1.99. The zero-order valence-electron chi connectivity index (χ0n) is 10.5. The van der Waals surface area contributed by atoms with E-state index < -0.39 is 0 Å². The molecule has 5 heteroatoms. The molecule has 0 atom stereocenters. The van der Waals surface area contributed by atoms with Gasteiger partial charge in [-0.3, -0.25) is 0 Å². The molecular weight excluding hydrogens is 256 g/mol. The van der Waals surface area contributed by atoms with Gasteiger partial charge in [-0.2, -0.15) is 0 Å². The minimum absolute atomic E-state index is 0.267. The van der Waals surface area contributed by atoms with Crippen molar-refractivity contribution in [3.63, 3.8) is 0 Å². The van der Waals surface area contributed by atoms with Crippen LogP contribution in [0.4, 0.5) is 5.82 Å². The molecule has 0 saturated heterocycles. The molecule has 1 aromatic carbocycles. The molecule has 1 aromatic heterocycles. The highest BCUT2D eigenvalue weighted by Crippen LogP contribution is 2.04. The van der Waals surface area contributed by atoms with Crippen molar-refractivity contribution in [3.8, 4) is 0 Å². The van der Waals surface area contributed by atoms with Crippen molar-refractivity contribution in [2.45, 2.75) is 12.8 Å².